The van der Waals surface area contributed by atoms with Crippen molar-refractivity contribution in [1.29, 1.82) is 0 Å². The fourth-order valence-corrected chi connectivity index (χ4v) is 3.98. The number of rotatable bonds is 3. The second kappa shape index (κ2) is 7.31. The van der Waals surface area contributed by atoms with Gasteiger partial charge in [0, 0.05) is 37.1 Å². The predicted octanol–water partition coefficient (Wildman–Crippen LogP) is 3.38. The highest BCUT2D eigenvalue weighted by Gasteiger charge is 2.21. The molecule has 2 aromatic heterocycles. The number of nitrogens with zero attached hydrogens (tertiary/aromatic N) is 4. The Hall–Kier alpha value is -3.22. The monoisotopic (exact) mass is 391 g/mol. The van der Waals surface area contributed by atoms with Gasteiger partial charge in [-0.2, -0.15) is 5.10 Å². The zero-order chi connectivity index (χ0) is 20.7. The molecule has 1 fully saturated rings. The van der Waals surface area contributed by atoms with Crippen molar-refractivity contribution in [2.75, 3.05) is 18.4 Å². The van der Waals surface area contributed by atoms with Crippen molar-refractivity contribution in [2.45, 2.75) is 33.6 Å². The van der Waals surface area contributed by atoms with Gasteiger partial charge in [-0.3, -0.25) is 14.3 Å². The van der Waals surface area contributed by atoms with Crippen LogP contribution in [0.4, 0.5) is 5.69 Å². The summed E-state index contributed by atoms with van der Waals surface area (Å²) in [5, 5.41) is 8.15. The van der Waals surface area contributed by atoms with E-state index in [0.717, 1.165) is 48.3 Å². The summed E-state index contributed by atoms with van der Waals surface area (Å²) in [6, 6.07) is 7.22. The predicted molar refractivity (Wildman–Crippen MR) is 112 cm³/mol. The number of carbonyl (C=O) groups excluding carboxylic acids is 2. The molecule has 7 heteroatoms. The minimum atomic E-state index is -0.210. The summed E-state index contributed by atoms with van der Waals surface area (Å²) in [4.78, 5) is 32.1. The summed E-state index contributed by atoms with van der Waals surface area (Å²) in [6.07, 6.45) is 2.12. The van der Waals surface area contributed by atoms with Crippen LogP contribution in [-0.4, -0.2) is 44.6 Å². The van der Waals surface area contributed by atoms with Gasteiger partial charge in [0.15, 0.2) is 5.65 Å². The second-order valence-electron chi connectivity index (χ2n) is 7.70. The first-order valence-corrected chi connectivity index (χ1v) is 9.87. The van der Waals surface area contributed by atoms with Crippen molar-refractivity contribution in [3.05, 3.63) is 52.3 Å². The van der Waals surface area contributed by atoms with Crippen molar-refractivity contribution in [3.8, 4) is 0 Å². The zero-order valence-electron chi connectivity index (χ0n) is 17.2. The lowest BCUT2D eigenvalue weighted by molar-refractivity contribution is 0.0792. The summed E-state index contributed by atoms with van der Waals surface area (Å²) in [6.45, 7) is 7.28. The number of fused-ring (bicyclic) bond motifs is 1. The Labute approximate surface area is 169 Å². The fourth-order valence-electron chi connectivity index (χ4n) is 3.98. The third-order valence-electron chi connectivity index (χ3n) is 5.46. The van der Waals surface area contributed by atoms with Crippen LogP contribution < -0.4 is 5.32 Å². The molecule has 2 amide bonds. The fraction of sp³-hybridized carbons (Fsp3) is 0.364. The molecule has 1 N–H and O–H groups in total. The van der Waals surface area contributed by atoms with Crippen LogP contribution in [-0.2, 0) is 7.05 Å². The molecule has 0 radical (unpaired) electrons. The van der Waals surface area contributed by atoms with Crippen molar-refractivity contribution in [3.63, 3.8) is 0 Å². The number of nitrogens with one attached hydrogen (secondary N) is 1. The number of pyridine rings is 1. The van der Waals surface area contributed by atoms with E-state index in [0.29, 0.717) is 22.5 Å². The van der Waals surface area contributed by atoms with Crippen LogP contribution in [0.2, 0.25) is 0 Å². The van der Waals surface area contributed by atoms with Gasteiger partial charge in [0.1, 0.15) is 0 Å². The minimum Gasteiger partial charge on any atom is -0.339 e. The van der Waals surface area contributed by atoms with Crippen LogP contribution in [0.25, 0.3) is 11.0 Å². The van der Waals surface area contributed by atoms with E-state index in [-0.39, 0.29) is 11.8 Å². The molecule has 29 heavy (non-hydrogen) atoms. The molecule has 0 spiro atoms. The van der Waals surface area contributed by atoms with Gasteiger partial charge in [-0.1, -0.05) is 0 Å². The SMILES string of the molecule is Cc1cc(C(=O)Nc2ccc(C(=O)N3CCCC3)cc2C)c2c(C)nn(C)c2n1. The number of benzene rings is 1. The molecule has 4 rings (SSSR count). The van der Waals surface area contributed by atoms with Crippen LogP contribution >= 0.6 is 0 Å². The standard InChI is InChI=1S/C22H25N5O2/c1-13-11-16(22(29)27-9-5-6-10-27)7-8-18(13)24-21(28)17-12-14(2)23-20-19(17)15(3)25-26(20)4/h7-8,11-12H,5-6,9-10H2,1-4H3,(H,24,28). The van der Waals surface area contributed by atoms with E-state index < -0.39 is 0 Å². The highest BCUT2D eigenvalue weighted by molar-refractivity contribution is 6.13. The highest BCUT2D eigenvalue weighted by Crippen LogP contribution is 2.24. The first kappa shape index (κ1) is 19.1. The molecule has 0 atom stereocenters. The molecule has 0 aliphatic carbocycles. The molecule has 1 saturated heterocycles. The number of anilines is 1. The normalized spacial score (nSPS) is 13.9. The number of amides is 2. The van der Waals surface area contributed by atoms with Gasteiger partial charge in [-0.05, 0) is 63.4 Å². The largest absolute Gasteiger partial charge is 0.339 e. The van der Waals surface area contributed by atoms with Gasteiger partial charge in [0.2, 0.25) is 0 Å². The lowest BCUT2D eigenvalue weighted by Crippen LogP contribution is -2.27. The Morgan fingerprint density at radius 3 is 2.48 bits per heavy atom. The van der Waals surface area contributed by atoms with Crippen molar-refractivity contribution >= 4 is 28.5 Å². The molecule has 0 unspecified atom stereocenters. The summed E-state index contributed by atoms with van der Waals surface area (Å²) >= 11 is 0. The summed E-state index contributed by atoms with van der Waals surface area (Å²) < 4.78 is 1.69. The molecule has 1 aliphatic heterocycles. The Morgan fingerprint density at radius 2 is 1.79 bits per heavy atom. The number of aryl methyl sites for hydroxylation is 4. The number of aromatic nitrogens is 3. The summed E-state index contributed by atoms with van der Waals surface area (Å²) in [5.74, 6) is -0.153. The molecule has 3 aromatic rings. The average Bonchev–Trinajstić information content (AvgIpc) is 3.31. The third-order valence-corrected chi connectivity index (χ3v) is 5.46. The molecule has 0 saturated carbocycles. The van der Waals surface area contributed by atoms with Crippen LogP contribution in [0.5, 0.6) is 0 Å². The quantitative estimate of drug-likeness (QED) is 0.742. The lowest BCUT2D eigenvalue weighted by Gasteiger charge is -2.16. The maximum atomic E-state index is 13.1. The number of likely N-dealkylation sites (tertiary alicyclic amines) is 1. The van der Waals surface area contributed by atoms with E-state index in [4.69, 9.17) is 0 Å². The number of carbonyl (C=O) groups is 2. The van der Waals surface area contributed by atoms with Crippen LogP contribution in [0.3, 0.4) is 0 Å². The van der Waals surface area contributed by atoms with E-state index in [1.165, 1.54) is 0 Å². The van der Waals surface area contributed by atoms with E-state index >= 15 is 0 Å². The molecular weight excluding hydrogens is 366 g/mol. The average molecular weight is 391 g/mol. The maximum absolute atomic E-state index is 13.1. The Morgan fingerprint density at radius 1 is 1.07 bits per heavy atom. The smallest absolute Gasteiger partial charge is 0.256 e. The highest BCUT2D eigenvalue weighted by atomic mass is 16.2. The van der Waals surface area contributed by atoms with Gasteiger partial charge in [0.05, 0.1) is 16.6 Å². The topological polar surface area (TPSA) is 80.1 Å². The van der Waals surface area contributed by atoms with Crippen molar-refractivity contribution in [1.82, 2.24) is 19.7 Å². The van der Waals surface area contributed by atoms with E-state index in [9.17, 15) is 9.59 Å². The molecule has 1 aromatic carbocycles. The van der Waals surface area contributed by atoms with E-state index in [2.05, 4.69) is 15.4 Å². The first-order chi connectivity index (χ1) is 13.8. The van der Waals surface area contributed by atoms with Gasteiger partial charge < -0.3 is 10.2 Å². The molecule has 150 valence electrons. The molecule has 0 bridgehead atoms. The van der Waals surface area contributed by atoms with Gasteiger partial charge >= 0.3 is 0 Å². The Kier molecular flexibility index (Phi) is 4.82. The maximum Gasteiger partial charge on any atom is 0.256 e. The number of hydrogen-bond acceptors (Lipinski definition) is 4. The van der Waals surface area contributed by atoms with Crippen LogP contribution in [0.15, 0.2) is 24.3 Å². The summed E-state index contributed by atoms with van der Waals surface area (Å²) in [5.41, 5.74) is 4.97. The number of hydrogen-bond donors (Lipinski definition) is 1. The Balaban J connectivity index is 1.62. The zero-order valence-corrected chi connectivity index (χ0v) is 17.2. The first-order valence-electron chi connectivity index (χ1n) is 9.87. The third kappa shape index (κ3) is 3.48. The van der Waals surface area contributed by atoms with Crippen LogP contribution in [0, 0.1) is 20.8 Å². The van der Waals surface area contributed by atoms with Crippen molar-refractivity contribution in [2.24, 2.45) is 7.05 Å². The molecule has 1 aliphatic rings. The van der Waals surface area contributed by atoms with Gasteiger partial charge in [-0.15, -0.1) is 0 Å². The molecule has 7 nitrogen and oxygen atoms in total. The van der Waals surface area contributed by atoms with Crippen LogP contribution in [0.1, 0.15) is 50.5 Å². The minimum absolute atomic E-state index is 0.0564. The molecule has 3 heterocycles. The molecular formula is C22H25N5O2. The summed E-state index contributed by atoms with van der Waals surface area (Å²) in [7, 11) is 1.82. The van der Waals surface area contributed by atoms with E-state index in [1.54, 1.807) is 22.9 Å². The van der Waals surface area contributed by atoms with E-state index in [1.807, 2.05) is 38.8 Å². The lowest BCUT2D eigenvalue weighted by atomic mass is 10.1. The van der Waals surface area contributed by atoms with Crippen molar-refractivity contribution < 1.29 is 9.59 Å². The Bertz CT molecular complexity index is 1130. The van der Waals surface area contributed by atoms with Gasteiger partial charge in [0.25, 0.3) is 11.8 Å². The second-order valence-corrected chi connectivity index (χ2v) is 7.70. The van der Waals surface area contributed by atoms with Gasteiger partial charge in [-0.25, -0.2) is 4.98 Å².